The Balaban J connectivity index is 2.55. The highest BCUT2D eigenvalue weighted by molar-refractivity contribution is 5.92. The maximum absolute atomic E-state index is 11.8. The molecular formula is C13H21NO4. The van der Waals surface area contributed by atoms with Crippen molar-refractivity contribution in [2.75, 3.05) is 13.2 Å². The van der Waals surface area contributed by atoms with E-state index in [1.54, 1.807) is 33.8 Å². The molecule has 0 aliphatic carbocycles. The smallest absolute Gasteiger partial charge is 0.407 e. The average Bonchev–Trinajstić information content (AvgIpc) is 2.62. The lowest BCUT2D eigenvalue weighted by molar-refractivity contribution is -0.118. The summed E-state index contributed by atoms with van der Waals surface area (Å²) in [6.45, 7) is 7.83. The van der Waals surface area contributed by atoms with Crippen LogP contribution in [-0.4, -0.2) is 36.7 Å². The van der Waals surface area contributed by atoms with Crippen molar-refractivity contribution in [3.63, 3.8) is 0 Å². The molecule has 0 aromatic carbocycles. The number of allylic oxidation sites excluding steroid dienone is 2. The van der Waals surface area contributed by atoms with Crippen molar-refractivity contribution in [2.45, 2.75) is 39.3 Å². The zero-order chi connectivity index (χ0) is 13.8. The molecule has 1 aliphatic heterocycles. The van der Waals surface area contributed by atoms with E-state index in [9.17, 15) is 9.59 Å². The molecule has 1 saturated heterocycles. The summed E-state index contributed by atoms with van der Waals surface area (Å²) < 4.78 is 10.4. The van der Waals surface area contributed by atoms with Crippen LogP contribution in [0.1, 0.15) is 27.7 Å². The number of carbonyl (C=O) groups excluding carboxylic acids is 2. The Morgan fingerprint density at radius 2 is 2.00 bits per heavy atom. The first-order chi connectivity index (χ1) is 8.33. The van der Waals surface area contributed by atoms with Gasteiger partial charge in [-0.2, -0.15) is 0 Å². The van der Waals surface area contributed by atoms with Gasteiger partial charge < -0.3 is 14.8 Å². The molecule has 0 radical (unpaired) electrons. The van der Waals surface area contributed by atoms with Crippen molar-refractivity contribution in [1.82, 2.24) is 5.32 Å². The molecule has 2 atom stereocenters. The second-order valence-corrected chi connectivity index (χ2v) is 5.30. The van der Waals surface area contributed by atoms with E-state index in [1.165, 1.54) is 6.08 Å². The predicted molar refractivity (Wildman–Crippen MR) is 67.3 cm³/mol. The van der Waals surface area contributed by atoms with Crippen LogP contribution in [0.5, 0.6) is 0 Å². The number of hydrogen-bond acceptors (Lipinski definition) is 4. The largest absolute Gasteiger partial charge is 0.444 e. The van der Waals surface area contributed by atoms with E-state index in [0.29, 0.717) is 13.2 Å². The van der Waals surface area contributed by atoms with E-state index >= 15 is 0 Å². The van der Waals surface area contributed by atoms with Crippen LogP contribution in [-0.2, 0) is 14.3 Å². The van der Waals surface area contributed by atoms with Crippen molar-refractivity contribution in [3.8, 4) is 0 Å². The summed E-state index contributed by atoms with van der Waals surface area (Å²) in [5.41, 5.74) is -0.549. The van der Waals surface area contributed by atoms with Gasteiger partial charge in [0.15, 0.2) is 5.78 Å². The highest BCUT2D eigenvalue weighted by Crippen LogP contribution is 2.16. The third-order valence-corrected chi connectivity index (χ3v) is 2.48. The van der Waals surface area contributed by atoms with Crippen LogP contribution in [0.2, 0.25) is 0 Å². The van der Waals surface area contributed by atoms with Gasteiger partial charge in [-0.05, 0) is 33.8 Å². The van der Waals surface area contributed by atoms with E-state index in [1.807, 2.05) is 0 Å². The lowest BCUT2D eigenvalue weighted by Gasteiger charge is -2.22. The van der Waals surface area contributed by atoms with Crippen LogP contribution in [0.15, 0.2) is 12.2 Å². The Bertz CT molecular complexity index is 343. The predicted octanol–water partition coefficient (Wildman–Crippen LogP) is 1.67. The molecule has 1 fully saturated rings. The molecule has 0 bridgehead atoms. The molecule has 102 valence electrons. The number of nitrogens with one attached hydrogen (secondary N) is 1. The van der Waals surface area contributed by atoms with Gasteiger partial charge in [0.25, 0.3) is 0 Å². The van der Waals surface area contributed by atoms with Gasteiger partial charge in [-0.15, -0.1) is 0 Å². The standard InChI is InChI=1S/C13H21NO4/c1-5-6-11(15)9-7-17-8-10(9)14-12(16)18-13(2,3)4/h5-6,9-10H,7-8H2,1-4H3,(H,14,16)/b6-5+. The Hall–Kier alpha value is -1.36. The van der Waals surface area contributed by atoms with E-state index in [4.69, 9.17) is 9.47 Å². The van der Waals surface area contributed by atoms with Crippen LogP contribution >= 0.6 is 0 Å². The number of ketones is 1. The SMILES string of the molecule is C/C=C/C(=O)C1COCC1NC(=O)OC(C)(C)C. The van der Waals surface area contributed by atoms with Crippen LogP contribution in [0.4, 0.5) is 4.79 Å². The minimum Gasteiger partial charge on any atom is -0.444 e. The quantitative estimate of drug-likeness (QED) is 0.779. The van der Waals surface area contributed by atoms with Gasteiger partial charge in [0.2, 0.25) is 0 Å². The normalized spacial score (nSPS) is 24.2. The van der Waals surface area contributed by atoms with E-state index in [0.717, 1.165) is 0 Å². The highest BCUT2D eigenvalue weighted by Gasteiger charge is 2.34. The zero-order valence-electron chi connectivity index (χ0n) is 11.4. The highest BCUT2D eigenvalue weighted by atomic mass is 16.6. The molecule has 0 aromatic heterocycles. The third kappa shape index (κ3) is 4.49. The topological polar surface area (TPSA) is 64.6 Å². The molecule has 0 saturated carbocycles. The number of alkyl carbamates (subject to hydrolysis) is 1. The first-order valence-electron chi connectivity index (χ1n) is 6.07. The van der Waals surface area contributed by atoms with Gasteiger partial charge in [0.05, 0.1) is 25.2 Å². The van der Waals surface area contributed by atoms with Crippen LogP contribution in [0.3, 0.4) is 0 Å². The number of ether oxygens (including phenoxy) is 2. The van der Waals surface area contributed by atoms with Crippen LogP contribution < -0.4 is 5.32 Å². The van der Waals surface area contributed by atoms with Crippen molar-refractivity contribution < 1.29 is 19.1 Å². The minimum absolute atomic E-state index is 0.0314. The molecule has 18 heavy (non-hydrogen) atoms. The van der Waals surface area contributed by atoms with Gasteiger partial charge in [-0.25, -0.2) is 4.79 Å². The second-order valence-electron chi connectivity index (χ2n) is 5.30. The fourth-order valence-electron chi connectivity index (χ4n) is 1.72. The monoisotopic (exact) mass is 255 g/mol. The van der Waals surface area contributed by atoms with E-state index in [-0.39, 0.29) is 17.7 Å². The lowest BCUT2D eigenvalue weighted by atomic mass is 9.98. The Morgan fingerprint density at radius 3 is 2.56 bits per heavy atom. The first kappa shape index (κ1) is 14.7. The average molecular weight is 255 g/mol. The van der Waals surface area contributed by atoms with Gasteiger partial charge >= 0.3 is 6.09 Å². The van der Waals surface area contributed by atoms with Crippen molar-refractivity contribution in [3.05, 3.63) is 12.2 Å². The number of hydrogen-bond donors (Lipinski definition) is 1. The van der Waals surface area contributed by atoms with Gasteiger partial charge in [0, 0.05) is 0 Å². The molecule has 5 nitrogen and oxygen atoms in total. The maximum Gasteiger partial charge on any atom is 0.407 e. The maximum atomic E-state index is 11.8. The molecule has 1 N–H and O–H groups in total. The molecule has 2 unspecified atom stereocenters. The molecule has 1 amide bonds. The van der Waals surface area contributed by atoms with Gasteiger partial charge in [-0.3, -0.25) is 4.79 Å². The van der Waals surface area contributed by atoms with E-state index < -0.39 is 11.7 Å². The summed E-state index contributed by atoms with van der Waals surface area (Å²) in [6.07, 6.45) is 2.67. The molecule has 0 aromatic rings. The van der Waals surface area contributed by atoms with Crippen LogP contribution in [0, 0.1) is 5.92 Å². The fraction of sp³-hybridized carbons (Fsp3) is 0.692. The Morgan fingerprint density at radius 1 is 1.33 bits per heavy atom. The van der Waals surface area contributed by atoms with Gasteiger partial charge in [-0.1, -0.05) is 6.08 Å². The summed E-state index contributed by atoms with van der Waals surface area (Å²) >= 11 is 0. The summed E-state index contributed by atoms with van der Waals surface area (Å²) in [6, 6.07) is -0.316. The van der Waals surface area contributed by atoms with Crippen molar-refractivity contribution >= 4 is 11.9 Å². The molecule has 5 heteroatoms. The van der Waals surface area contributed by atoms with Crippen molar-refractivity contribution in [1.29, 1.82) is 0 Å². The van der Waals surface area contributed by atoms with E-state index in [2.05, 4.69) is 5.32 Å². The number of rotatable bonds is 3. The fourth-order valence-corrected chi connectivity index (χ4v) is 1.72. The molecular weight excluding hydrogens is 234 g/mol. The summed E-state index contributed by atoms with van der Waals surface area (Å²) in [5.74, 6) is -0.357. The molecule has 1 rings (SSSR count). The Kier molecular flexibility index (Phi) is 4.90. The zero-order valence-corrected chi connectivity index (χ0v) is 11.4. The second kappa shape index (κ2) is 6.00. The molecule has 0 spiro atoms. The summed E-state index contributed by atoms with van der Waals surface area (Å²) in [4.78, 5) is 23.4. The minimum atomic E-state index is -0.549. The lowest BCUT2D eigenvalue weighted by Crippen LogP contribution is -2.44. The third-order valence-electron chi connectivity index (χ3n) is 2.48. The molecule has 1 aliphatic rings. The van der Waals surface area contributed by atoms with Crippen molar-refractivity contribution in [2.24, 2.45) is 5.92 Å². The molecule has 1 heterocycles. The Labute approximate surface area is 108 Å². The summed E-state index contributed by atoms with van der Waals surface area (Å²) in [7, 11) is 0. The number of carbonyl (C=O) groups is 2. The number of amides is 1. The first-order valence-corrected chi connectivity index (χ1v) is 6.07. The van der Waals surface area contributed by atoms with Gasteiger partial charge in [0.1, 0.15) is 5.60 Å². The van der Waals surface area contributed by atoms with Crippen LogP contribution in [0.25, 0.3) is 0 Å². The summed E-state index contributed by atoms with van der Waals surface area (Å²) in [5, 5.41) is 2.68.